The van der Waals surface area contributed by atoms with Crippen molar-refractivity contribution < 1.29 is 19.2 Å². The zero-order chi connectivity index (χ0) is 12.7. The zero-order valence-electron chi connectivity index (χ0n) is 9.61. The van der Waals surface area contributed by atoms with Crippen LogP contribution in [0.25, 0.3) is 0 Å². The van der Waals surface area contributed by atoms with E-state index in [4.69, 9.17) is 9.57 Å². The van der Waals surface area contributed by atoms with Crippen molar-refractivity contribution in [1.82, 2.24) is 5.48 Å². The van der Waals surface area contributed by atoms with Crippen molar-refractivity contribution in [3.05, 3.63) is 17.0 Å². The molecule has 94 valence electrons. The molecule has 0 aliphatic carbocycles. The minimum absolute atomic E-state index is 0.171. The smallest absolute Gasteiger partial charge is 0.284 e. The van der Waals surface area contributed by atoms with Gasteiger partial charge in [0.15, 0.2) is 0 Å². The Bertz CT molecular complexity index is 391. The second-order valence-corrected chi connectivity index (χ2v) is 4.20. The molecule has 0 unspecified atom stereocenters. The number of hydrogen-bond donors (Lipinski definition) is 2. The van der Waals surface area contributed by atoms with E-state index in [-0.39, 0.29) is 18.4 Å². The SMILES string of the molecule is COCCONC(=O)c1ccc(NC(C)=O)s1. The van der Waals surface area contributed by atoms with Gasteiger partial charge < -0.3 is 10.1 Å². The molecule has 1 rings (SSSR count). The van der Waals surface area contributed by atoms with Crippen molar-refractivity contribution in [3.63, 3.8) is 0 Å². The van der Waals surface area contributed by atoms with Crippen LogP contribution in [0.1, 0.15) is 16.6 Å². The number of anilines is 1. The van der Waals surface area contributed by atoms with Crippen molar-refractivity contribution in [2.75, 3.05) is 25.6 Å². The third-order valence-electron chi connectivity index (χ3n) is 1.68. The Balaban J connectivity index is 2.41. The first-order chi connectivity index (χ1) is 8.13. The zero-order valence-corrected chi connectivity index (χ0v) is 10.4. The summed E-state index contributed by atoms with van der Waals surface area (Å²) in [6.45, 7) is 2.10. The van der Waals surface area contributed by atoms with Crippen LogP contribution in [0.4, 0.5) is 5.00 Å². The van der Waals surface area contributed by atoms with Gasteiger partial charge >= 0.3 is 0 Å². The number of hydrogen-bond acceptors (Lipinski definition) is 5. The van der Waals surface area contributed by atoms with Gasteiger partial charge in [0.1, 0.15) is 0 Å². The molecule has 0 saturated heterocycles. The highest BCUT2D eigenvalue weighted by Gasteiger charge is 2.09. The molecular weight excluding hydrogens is 244 g/mol. The van der Waals surface area contributed by atoms with E-state index in [0.29, 0.717) is 16.5 Å². The lowest BCUT2D eigenvalue weighted by atomic mass is 10.4. The first kappa shape index (κ1) is 13.6. The maximum atomic E-state index is 11.5. The van der Waals surface area contributed by atoms with Crippen LogP contribution in [-0.2, 0) is 14.4 Å². The molecule has 0 spiro atoms. The summed E-state index contributed by atoms with van der Waals surface area (Å²) in [5.74, 6) is -0.516. The molecular formula is C10H14N2O4S. The summed E-state index contributed by atoms with van der Waals surface area (Å²) in [6.07, 6.45) is 0. The topological polar surface area (TPSA) is 76.7 Å². The van der Waals surface area contributed by atoms with E-state index in [1.165, 1.54) is 18.3 Å². The fourth-order valence-electron chi connectivity index (χ4n) is 0.992. The highest BCUT2D eigenvalue weighted by molar-refractivity contribution is 7.18. The fourth-order valence-corrected chi connectivity index (χ4v) is 1.83. The second-order valence-electron chi connectivity index (χ2n) is 3.12. The van der Waals surface area contributed by atoms with Crippen LogP contribution in [0, 0.1) is 0 Å². The Labute approximate surface area is 103 Å². The number of thiophene rings is 1. The highest BCUT2D eigenvalue weighted by Crippen LogP contribution is 2.21. The number of rotatable bonds is 6. The molecule has 0 aliphatic rings. The van der Waals surface area contributed by atoms with Gasteiger partial charge in [-0.15, -0.1) is 11.3 Å². The molecule has 17 heavy (non-hydrogen) atoms. The van der Waals surface area contributed by atoms with Gasteiger partial charge in [-0.2, -0.15) is 0 Å². The molecule has 0 aromatic carbocycles. The summed E-state index contributed by atoms with van der Waals surface area (Å²) >= 11 is 1.18. The number of methoxy groups -OCH3 is 1. The Morgan fingerprint density at radius 1 is 1.35 bits per heavy atom. The third-order valence-corrected chi connectivity index (χ3v) is 2.68. The minimum Gasteiger partial charge on any atom is -0.382 e. The van der Waals surface area contributed by atoms with Gasteiger partial charge in [0.05, 0.1) is 23.1 Å². The van der Waals surface area contributed by atoms with Crippen molar-refractivity contribution in [2.24, 2.45) is 0 Å². The van der Waals surface area contributed by atoms with E-state index in [1.807, 2.05) is 0 Å². The van der Waals surface area contributed by atoms with E-state index in [1.54, 1.807) is 19.2 Å². The second kappa shape index (κ2) is 7.00. The van der Waals surface area contributed by atoms with Crippen molar-refractivity contribution in [2.45, 2.75) is 6.92 Å². The lowest BCUT2D eigenvalue weighted by Gasteiger charge is -2.03. The first-order valence-corrected chi connectivity index (χ1v) is 5.73. The fraction of sp³-hybridized carbons (Fsp3) is 0.400. The van der Waals surface area contributed by atoms with Crippen LogP contribution in [0.5, 0.6) is 0 Å². The number of hydroxylamine groups is 1. The minimum atomic E-state index is -0.345. The van der Waals surface area contributed by atoms with E-state index in [2.05, 4.69) is 10.8 Å². The standard InChI is InChI=1S/C10H14N2O4S/c1-7(13)11-9-4-3-8(17-9)10(14)12-16-6-5-15-2/h3-4H,5-6H2,1-2H3,(H,11,13)(H,12,14). The maximum Gasteiger partial charge on any atom is 0.284 e. The van der Waals surface area contributed by atoms with Gasteiger partial charge in [-0.1, -0.05) is 0 Å². The molecule has 2 amide bonds. The molecule has 0 saturated carbocycles. The monoisotopic (exact) mass is 258 g/mol. The van der Waals surface area contributed by atoms with Gasteiger partial charge in [-0.25, -0.2) is 5.48 Å². The number of ether oxygens (including phenoxy) is 1. The maximum absolute atomic E-state index is 11.5. The lowest BCUT2D eigenvalue weighted by molar-refractivity contribution is -0.114. The van der Waals surface area contributed by atoms with Crippen LogP contribution < -0.4 is 10.8 Å². The molecule has 1 aromatic rings. The van der Waals surface area contributed by atoms with E-state index in [0.717, 1.165) is 0 Å². The predicted octanol–water partition coefficient (Wildman–Crippen LogP) is 1.01. The van der Waals surface area contributed by atoms with Gasteiger partial charge in [-0.05, 0) is 12.1 Å². The molecule has 0 bridgehead atoms. The van der Waals surface area contributed by atoms with Crippen LogP contribution in [-0.4, -0.2) is 32.1 Å². The third kappa shape index (κ3) is 4.94. The average Bonchev–Trinajstić information content (AvgIpc) is 2.71. The van der Waals surface area contributed by atoms with Crippen LogP contribution >= 0.6 is 11.3 Å². The Morgan fingerprint density at radius 3 is 2.76 bits per heavy atom. The normalized spacial score (nSPS) is 10.0. The molecule has 0 atom stereocenters. The summed E-state index contributed by atoms with van der Waals surface area (Å²) in [6, 6.07) is 3.28. The summed E-state index contributed by atoms with van der Waals surface area (Å²) in [5.41, 5.74) is 2.28. The molecule has 2 N–H and O–H groups in total. The van der Waals surface area contributed by atoms with Crippen LogP contribution in [0.15, 0.2) is 12.1 Å². The van der Waals surface area contributed by atoms with Gasteiger partial charge in [-0.3, -0.25) is 14.4 Å². The average molecular weight is 258 g/mol. The quantitative estimate of drug-likeness (QED) is 0.590. The van der Waals surface area contributed by atoms with Gasteiger partial charge in [0.2, 0.25) is 5.91 Å². The number of amides is 2. The highest BCUT2D eigenvalue weighted by atomic mass is 32.1. The van der Waals surface area contributed by atoms with Crippen LogP contribution in [0.2, 0.25) is 0 Å². The summed E-state index contributed by atoms with van der Waals surface area (Å²) in [4.78, 5) is 27.7. The number of nitrogens with one attached hydrogen (secondary N) is 2. The van der Waals surface area contributed by atoms with Crippen molar-refractivity contribution in [3.8, 4) is 0 Å². The number of carbonyl (C=O) groups is 2. The lowest BCUT2D eigenvalue weighted by Crippen LogP contribution is -2.24. The molecule has 0 radical (unpaired) electrons. The number of carbonyl (C=O) groups excluding carboxylic acids is 2. The molecule has 7 heteroatoms. The summed E-state index contributed by atoms with van der Waals surface area (Å²) in [7, 11) is 1.55. The van der Waals surface area contributed by atoms with E-state index < -0.39 is 0 Å². The van der Waals surface area contributed by atoms with Gasteiger partial charge in [0, 0.05) is 14.0 Å². The molecule has 0 fully saturated rings. The van der Waals surface area contributed by atoms with Crippen LogP contribution in [0.3, 0.4) is 0 Å². The van der Waals surface area contributed by atoms with Gasteiger partial charge in [0.25, 0.3) is 5.91 Å². The van der Waals surface area contributed by atoms with Crippen molar-refractivity contribution in [1.29, 1.82) is 0 Å². The Kier molecular flexibility index (Phi) is 5.61. The largest absolute Gasteiger partial charge is 0.382 e. The first-order valence-electron chi connectivity index (χ1n) is 4.92. The molecule has 1 aromatic heterocycles. The summed E-state index contributed by atoms with van der Waals surface area (Å²) in [5, 5.41) is 3.22. The van der Waals surface area contributed by atoms with E-state index >= 15 is 0 Å². The Hall–Kier alpha value is -1.44. The molecule has 6 nitrogen and oxygen atoms in total. The molecule has 1 heterocycles. The summed E-state index contributed by atoms with van der Waals surface area (Å²) < 4.78 is 4.76. The van der Waals surface area contributed by atoms with Crippen molar-refractivity contribution >= 4 is 28.2 Å². The predicted molar refractivity (Wildman–Crippen MR) is 63.9 cm³/mol. The van der Waals surface area contributed by atoms with E-state index in [9.17, 15) is 9.59 Å². The molecule has 0 aliphatic heterocycles. The Morgan fingerprint density at radius 2 is 2.12 bits per heavy atom.